The fraction of sp³-hybridized carbons (Fsp3) is 0.318. The predicted molar refractivity (Wildman–Crippen MR) is 109 cm³/mol. The van der Waals surface area contributed by atoms with E-state index in [4.69, 9.17) is 0 Å². The van der Waals surface area contributed by atoms with Gasteiger partial charge in [-0.25, -0.2) is 9.18 Å². The number of nitrogens with one attached hydrogen (secondary N) is 2. The van der Waals surface area contributed by atoms with Gasteiger partial charge in [0, 0.05) is 19.6 Å². The summed E-state index contributed by atoms with van der Waals surface area (Å²) in [6, 6.07) is 15.2. The van der Waals surface area contributed by atoms with Crippen molar-refractivity contribution in [3.05, 3.63) is 66.0 Å². The molecule has 2 aliphatic heterocycles. The Morgan fingerprint density at radius 3 is 2.40 bits per heavy atom. The van der Waals surface area contributed by atoms with Crippen LogP contribution in [0.5, 0.6) is 0 Å². The average molecular weight is 410 g/mol. The van der Waals surface area contributed by atoms with Crippen molar-refractivity contribution >= 4 is 23.5 Å². The number of hydrogen-bond donors (Lipinski definition) is 2. The topological polar surface area (TPSA) is 81.8 Å². The first-order valence-electron chi connectivity index (χ1n) is 9.92. The van der Waals surface area contributed by atoms with Gasteiger partial charge in [0.05, 0.1) is 5.69 Å². The molecular formula is C22H23FN4O3. The Morgan fingerprint density at radius 1 is 1.03 bits per heavy atom. The van der Waals surface area contributed by atoms with Crippen molar-refractivity contribution in [2.24, 2.45) is 0 Å². The lowest BCUT2D eigenvalue weighted by Gasteiger charge is -2.37. The van der Waals surface area contributed by atoms with Crippen LogP contribution in [-0.2, 0) is 16.1 Å². The van der Waals surface area contributed by atoms with Crippen molar-refractivity contribution in [3.63, 3.8) is 0 Å². The molecule has 2 aliphatic rings. The smallest absolute Gasteiger partial charge is 0.323 e. The molecule has 2 fully saturated rings. The van der Waals surface area contributed by atoms with Gasteiger partial charge in [0.15, 0.2) is 0 Å². The van der Waals surface area contributed by atoms with Crippen molar-refractivity contribution in [2.75, 3.05) is 25.0 Å². The van der Waals surface area contributed by atoms with Crippen LogP contribution in [0.4, 0.5) is 14.9 Å². The predicted octanol–water partition coefficient (Wildman–Crippen LogP) is 2.35. The van der Waals surface area contributed by atoms with Crippen molar-refractivity contribution < 1.29 is 18.8 Å². The van der Waals surface area contributed by atoms with E-state index in [0.29, 0.717) is 25.9 Å². The molecule has 156 valence electrons. The quantitative estimate of drug-likeness (QED) is 0.742. The number of anilines is 1. The van der Waals surface area contributed by atoms with E-state index in [2.05, 4.69) is 27.7 Å². The third kappa shape index (κ3) is 4.04. The van der Waals surface area contributed by atoms with E-state index >= 15 is 0 Å². The van der Waals surface area contributed by atoms with Crippen LogP contribution < -0.4 is 10.6 Å². The van der Waals surface area contributed by atoms with Gasteiger partial charge < -0.3 is 10.6 Å². The summed E-state index contributed by atoms with van der Waals surface area (Å²) < 4.78 is 13.7. The number of rotatable bonds is 5. The van der Waals surface area contributed by atoms with Crippen LogP contribution in [-0.4, -0.2) is 52.8 Å². The summed E-state index contributed by atoms with van der Waals surface area (Å²) in [5, 5.41) is 5.20. The van der Waals surface area contributed by atoms with Crippen LogP contribution in [0.3, 0.4) is 0 Å². The number of likely N-dealkylation sites (tertiary alicyclic amines) is 1. The van der Waals surface area contributed by atoms with Gasteiger partial charge >= 0.3 is 6.03 Å². The lowest BCUT2D eigenvalue weighted by atomic mass is 9.87. The van der Waals surface area contributed by atoms with Gasteiger partial charge in [-0.05, 0) is 30.5 Å². The zero-order valence-corrected chi connectivity index (χ0v) is 16.4. The number of nitrogens with zero attached hydrogens (tertiary/aromatic N) is 2. The lowest BCUT2D eigenvalue weighted by Crippen LogP contribution is -2.54. The molecule has 0 aliphatic carbocycles. The van der Waals surface area contributed by atoms with Crippen LogP contribution >= 0.6 is 0 Å². The molecule has 0 aromatic heterocycles. The minimum Gasteiger partial charge on any atom is -0.323 e. The molecule has 2 N–H and O–H groups in total. The Morgan fingerprint density at radius 2 is 1.70 bits per heavy atom. The van der Waals surface area contributed by atoms with Gasteiger partial charge in [0.2, 0.25) is 5.91 Å². The van der Waals surface area contributed by atoms with Crippen molar-refractivity contribution in [1.82, 2.24) is 15.1 Å². The molecule has 2 saturated heterocycles. The third-order valence-electron chi connectivity index (χ3n) is 5.65. The fourth-order valence-electron chi connectivity index (χ4n) is 3.99. The maximum Gasteiger partial charge on any atom is 0.325 e. The summed E-state index contributed by atoms with van der Waals surface area (Å²) >= 11 is 0. The van der Waals surface area contributed by atoms with Gasteiger partial charge in [-0.2, -0.15) is 0 Å². The second kappa shape index (κ2) is 8.23. The third-order valence-corrected chi connectivity index (χ3v) is 5.65. The molecule has 4 amide bonds. The van der Waals surface area contributed by atoms with Gasteiger partial charge in [-0.3, -0.25) is 19.4 Å². The first kappa shape index (κ1) is 20.0. The number of benzene rings is 2. The standard InChI is InChI=1S/C22H23FN4O3/c23-17-8-4-5-9-18(17)24-19(28)15-27-20(29)22(25-21(27)30)10-12-26(13-11-22)14-16-6-2-1-3-7-16/h1-9H,10-15H2,(H,24,28)(H,25,30). The highest BCUT2D eigenvalue weighted by atomic mass is 19.1. The highest BCUT2D eigenvalue weighted by molar-refractivity contribution is 6.10. The Labute approximate surface area is 173 Å². The van der Waals surface area contributed by atoms with Crippen molar-refractivity contribution in [2.45, 2.75) is 24.9 Å². The monoisotopic (exact) mass is 410 g/mol. The summed E-state index contributed by atoms with van der Waals surface area (Å²) in [4.78, 5) is 40.8. The number of halogens is 1. The minimum atomic E-state index is -0.970. The molecule has 1 spiro atoms. The molecule has 0 saturated carbocycles. The van der Waals surface area contributed by atoms with E-state index < -0.39 is 35.7 Å². The summed E-state index contributed by atoms with van der Waals surface area (Å²) in [6.07, 6.45) is 0.964. The molecule has 2 aromatic carbocycles. The number of piperidine rings is 1. The molecule has 4 rings (SSSR count). The highest BCUT2D eigenvalue weighted by Crippen LogP contribution is 2.30. The highest BCUT2D eigenvalue weighted by Gasteiger charge is 2.52. The molecular weight excluding hydrogens is 387 g/mol. The molecule has 2 heterocycles. The lowest BCUT2D eigenvalue weighted by molar-refractivity contribution is -0.135. The molecule has 0 atom stereocenters. The molecule has 8 heteroatoms. The number of carbonyl (C=O) groups excluding carboxylic acids is 3. The van der Waals surface area contributed by atoms with Gasteiger partial charge in [-0.15, -0.1) is 0 Å². The SMILES string of the molecule is O=C(CN1C(=O)NC2(CCN(Cc3ccccc3)CC2)C1=O)Nc1ccccc1F. The number of carbonyl (C=O) groups is 3. The van der Waals surface area contributed by atoms with E-state index in [1.165, 1.54) is 23.8 Å². The van der Waals surface area contributed by atoms with Crippen LogP contribution in [0.2, 0.25) is 0 Å². The number of imide groups is 1. The van der Waals surface area contributed by atoms with E-state index in [-0.39, 0.29) is 5.69 Å². The van der Waals surface area contributed by atoms with Crippen LogP contribution in [0.25, 0.3) is 0 Å². The van der Waals surface area contributed by atoms with Crippen LogP contribution in [0, 0.1) is 5.82 Å². The summed E-state index contributed by atoms with van der Waals surface area (Å²) in [5.74, 6) is -1.59. The Hall–Kier alpha value is -3.26. The normalized spacial score (nSPS) is 18.5. The Balaban J connectivity index is 1.36. The van der Waals surface area contributed by atoms with E-state index in [1.807, 2.05) is 18.2 Å². The second-order valence-electron chi connectivity index (χ2n) is 7.69. The maximum absolute atomic E-state index is 13.7. The summed E-state index contributed by atoms with van der Waals surface area (Å²) in [5.41, 5.74) is 0.239. The van der Waals surface area contributed by atoms with E-state index in [0.717, 1.165) is 11.4 Å². The first-order chi connectivity index (χ1) is 14.5. The number of amides is 4. The zero-order valence-electron chi connectivity index (χ0n) is 16.4. The zero-order chi connectivity index (χ0) is 21.1. The van der Waals surface area contributed by atoms with Crippen molar-refractivity contribution in [1.29, 1.82) is 0 Å². The van der Waals surface area contributed by atoms with Gasteiger partial charge in [0.1, 0.15) is 17.9 Å². The molecule has 7 nitrogen and oxygen atoms in total. The number of urea groups is 1. The fourth-order valence-corrected chi connectivity index (χ4v) is 3.99. The number of para-hydroxylation sites is 1. The summed E-state index contributed by atoms with van der Waals surface area (Å²) in [6.45, 7) is 1.66. The van der Waals surface area contributed by atoms with Crippen LogP contribution in [0.1, 0.15) is 18.4 Å². The average Bonchev–Trinajstić information content (AvgIpc) is 2.96. The molecule has 30 heavy (non-hydrogen) atoms. The number of hydrogen-bond acceptors (Lipinski definition) is 4. The Bertz CT molecular complexity index is 958. The maximum atomic E-state index is 13.7. The summed E-state index contributed by atoms with van der Waals surface area (Å²) in [7, 11) is 0. The van der Waals surface area contributed by atoms with Gasteiger partial charge in [0.25, 0.3) is 5.91 Å². The molecule has 0 radical (unpaired) electrons. The molecule has 0 unspecified atom stereocenters. The van der Waals surface area contributed by atoms with Crippen molar-refractivity contribution in [3.8, 4) is 0 Å². The van der Waals surface area contributed by atoms with E-state index in [9.17, 15) is 18.8 Å². The molecule has 0 bridgehead atoms. The minimum absolute atomic E-state index is 0.0125. The van der Waals surface area contributed by atoms with Gasteiger partial charge in [-0.1, -0.05) is 42.5 Å². The Kier molecular flexibility index (Phi) is 5.50. The first-order valence-corrected chi connectivity index (χ1v) is 9.92. The molecule has 2 aromatic rings. The second-order valence-corrected chi connectivity index (χ2v) is 7.69. The van der Waals surface area contributed by atoms with E-state index in [1.54, 1.807) is 6.07 Å². The largest absolute Gasteiger partial charge is 0.325 e. The van der Waals surface area contributed by atoms with Crippen LogP contribution in [0.15, 0.2) is 54.6 Å².